The largest absolute Gasteiger partial charge is 0.334 e. The third-order valence-electron chi connectivity index (χ3n) is 3.43. The van der Waals surface area contributed by atoms with Crippen molar-refractivity contribution in [2.45, 2.75) is 17.6 Å². The highest BCUT2D eigenvalue weighted by Crippen LogP contribution is 2.20. The minimum absolute atomic E-state index is 0.0925. The lowest BCUT2D eigenvalue weighted by Gasteiger charge is -2.01. The number of sulfone groups is 1. The second-order valence-electron chi connectivity index (χ2n) is 5.28. The first-order valence-electron chi connectivity index (χ1n) is 7.10. The van der Waals surface area contributed by atoms with E-state index in [1.54, 1.807) is 48.5 Å². The van der Waals surface area contributed by atoms with E-state index < -0.39 is 9.84 Å². The molecule has 2 aromatic carbocycles. The Balaban J connectivity index is 1.83. The molecule has 1 aromatic heterocycles. The Morgan fingerprint density at radius 2 is 1.75 bits per heavy atom. The SMILES string of the molecule is Cc1ccc(S(=O)(=O)Cc2noc(-c3ccc(C#N)cc3)n2)cc1. The summed E-state index contributed by atoms with van der Waals surface area (Å²) >= 11 is 0. The molecular formula is C17H13N3O3S. The summed E-state index contributed by atoms with van der Waals surface area (Å²) in [5.41, 5.74) is 2.12. The van der Waals surface area contributed by atoms with E-state index in [1.165, 1.54) is 0 Å². The highest BCUT2D eigenvalue weighted by molar-refractivity contribution is 7.90. The van der Waals surface area contributed by atoms with Crippen LogP contribution in [0.4, 0.5) is 0 Å². The van der Waals surface area contributed by atoms with Crippen molar-refractivity contribution in [3.05, 3.63) is 65.5 Å². The number of aromatic nitrogens is 2. The predicted molar refractivity (Wildman–Crippen MR) is 86.5 cm³/mol. The van der Waals surface area contributed by atoms with Crippen LogP contribution in [0, 0.1) is 18.3 Å². The van der Waals surface area contributed by atoms with E-state index >= 15 is 0 Å². The first-order chi connectivity index (χ1) is 11.5. The summed E-state index contributed by atoms with van der Waals surface area (Å²) < 4.78 is 29.9. The van der Waals surface area contributed by atoms with Crippen LogP contribution in [-0.2, 0) is 15.6 Å². The summed E-state index contributed by atoms with van der Waals surface area (Å²) in [7, 11) is -3.54. The number of hydrogen-bond acceptors (Lipinski definition) is 6. The molecule has 0 bridgehead atoms. The van der Waals surface area contributed by atoms with E-state index in [-0.39, 0.29) is 22.4 Å². The zero-order valence-corrected chi connectivity index (χ0v) is 13.6. The standard InChI is InChI=1S/C17H13N3O3S/c1-12-2-8-15(9-3-12)24(21,22)11-16-19-17(23-20-16)14-6-4-13(10-18)5-7-14/h2-9H,11H2,1H3. The Hall–Kier alpha value is -2.98. The minimum Gasteiger partial charge on any atom is -0.334 e. The van der Waals surface area contributed by atoms with Gasteiger partial charge >= 0.3 is 0 Å². The molecule has 3 aromatic rings. The third kappa shape index (κ3) is 3.34. The maximum absolute atomic E-state index is 12.4. The van der Waals surface area contributed by atoms with E-state index in [2.05, 4.69) is 10.1 Å². The van der Waals surface area contributed by atoms with E-state index in [0.29, 0.717) is 11.1 Å². The fraction of sp³-hybridized carbons (Fsp3) is 0.118. The van der Waals surface area contributed by atoms with Crippen LogP contribution in [0.1, 0.15) is 17.0 Å². The Labute approximate surface area is 139 Å². The Morgan fingerprint density at radius 1 is 1.08 bits per heavy atom. The summed E-state index contributed by atoms with van der Waals surface area (Å²) in [6.07, 6.45) is 0. The van der Waals surface area contributed by atoms with Crippen LogP contribution in [0.25, 0.3) is 11.5 Å². The van der Waals surface area contributed by atoms with Crippen LogP contribution in [0.5, 0.6) is 0 Å². The molecule has 0 fully saturated rings. The lowest BCUT2D eigenvalue weighted by molar-refractivity contribution is 0.424. The van der Waals surface area contributed by atoms with Crippen molar-refractivity contribution >= 4 is 9.84 Å². The van der Waals surface area contributed by atoms with E-state index in [4.69, 9.17) is 9.78 Å². The molecule has 120 valence electrons. The van der Waals surface area contributed by atoms with Crippen LogP contribution >= 0.6 is 0 Å². The van der Waals surface area contributed by atoms with Gasteiger partial charge in [0.2, 0.25) is 0 Å². The van der Waals surface area contributed by atoms with Crippen LogP contribution in [0.3, 0.4) is 0 Å². The van der Waals surface area contributed by atoms with E-state index in [1.807, 2.05) is 13.0 Å². The highest BCUT2D eigenvalue weighted by Gasteiger charge is 2.19. The van der Waals surface area contributed by atoms with Crippen molar-refractivity contribution < 1.29 is 12.9 Å². The summed E-state index contributed by atoms with van der Waals surface area (Å²) in [6.45, 7) is 1.89. The van der Waals surface area contributed by atoms with E-state index in [9.17, 15) is 8.42 Å². The number of aryl methyl sites for hydroxylation is 1. The minimum atomic E-state index is -3.54. The third-order valence-corrected chi connectivity index (χ3v) is 5.06. The zero-order valence-electron chi connectivity index (χ0n) is 12.8. The van der Waals surface area contributed by atoms with Gasteiger partial charge in [-0.15, -0.1) is 0 Å². The molecule has 0 atom stereocenters. The first-order valence-corrected chi connectivity index (χ1v) is 8.76. The second-order valence-corrected chi connectivity index (χ2v) is 7.27. The number of hydrogen-bond donors (Lipinski definition) is 0. The fourth-order valence-electron chi connectivity index (χ4n) is 2.12. The molecule has 0 aliphatic carbocycles. The van der Waals surface area contributed by atoms with Crippen LogP contribution in [-0.4, -0.2) is 18.6 Å². The van der Waals surface area contributed by atoms with Gasteiger partial charge in [-0.05, 0) is 43.3 Å². The number of benzene rings is 2. The molecule has 0 radical (unpaired) electrons. The molecule has 0 amide bonds. The Bertz CT molecular complexity index is 998. The van der Waals surface area contributed by atoms with Gasteiger partial charge in [0.1, 0.15) is 5.75 Å². The lowest BCUT2D eigenvalue weighted by atomic mass is 10.1. The van der Waals surface area contributed by atoms with Gasteiger partial charge in [-0.2, -0.15) is 10.2 Å². The molecule has 0 saturated heterocycles. The number of rotatable bonds is 4. The fourth-order valence-corrected chi connectivity index (χ4v) is 3.29. The van der Waals surface area contributed by atoms with Gasteiger partial charge in [0, 0.05) is 5.56 Å². The molecule has 0 unspecified atom stereocenters. The predicted octanol–water partition coefficient (Wildman–Crippen LogP) is 2.89. The van der Waals surface area contributed by atoms with Gasteiger partial charge in [0.25, 0.3) is 5.89 Å². The molecule has 24 heavy (non-hydrogen) atoms. The summed E-state index contributed by atoms with van der Waals surface area (Å²) in [4.78, 5) is 4.34. The number of nitrogens with zero attached hydrogens (tertiary/aromatic N) is 3. The van der Waals surface area contributed by atoms with Crippen molar-refractivity contribution in [2.75, 3.05) is 0 Å². The Kier molecular flexibility index (Phi) is 4.15. The monoisotopic (exact) mass is 339 g/mol. The van der Waals surface area contributed by atoms with Crippen molar-refractivity contribution in [2.24, 2.45) is 0 Å². The van der Waals surface area contributed by atoms with Crippen molar-refractivity contribution in [1.29, 1.82) is 5.26 Å². The second kappa shape index (κ2) is 6.26. The molecule has 0 spiro atoms. The molecule has 3 rings (SSSR count). The highest BCUT2D eigenvalue weighted by atomic mass is 32.2. The molecule has 0 aliphatic heterocycles. The molecule has 0 saturated carbocycles. The maximum Gasteiger partial charge on any atom is 0.257 e. The van der Waals surface area contributed by atoms with Gasteiger partial charge < -0.3 is 4.52 Å². The lowest BCUT2D eigenvalue weighted by Crippen LogP contribution is -2.06. The van der Waals surface area contributed by atoms with Crippen LogP contribution in [0.2, 0.25) is 0 Å². The summed E-state index contributed by atoms with van der Waals surface area (Å²) in [5, 5.41) is 12.5. The van der Waals surface area contributed by atoms with Gasteiger partial charge in [0.05, 0.1) is 16.5 Å². The molecule has 0 N–H and O–H groups in total. The topological polar surface area (TPSA) is 96.9 Å². The zero-order chi connectivity index (χ0) is 17.2. The molecule has 1 heterocycles. The van der Waals surface area contributed by atoms with Gasteiger partial charge in [0.15, 0.2) is 15.7 Å². The summed E-state index contributed by atoms with van der Waals surface area (Å²) in [5.74, 6) is -0.0286. The molecule has 6 nitrogen and oxygen atoms in total. The smallest absolute Gasteiger partial charge is 0.257 e. The van der Waals surface area contributed by atoms with Gasteiger partial charge in [-0.25, -0.2) is 8.42 Å². The average Bonchev–Trinajstić information content (AvgIpc) is 3.03. The van der Waals surface area contributed by atoms with Crippen molar-refractivity contribution in [1.82, 2.24) is 10.1 Å². The average molecular weight is 339 g/mol. The molecule has 7 heteroatoms. The Morgan fingerprint density at radius 3 is 2.38 bits per heavy atom. The van der Waals surface area contributed by atoms with Crippen LogP contribution < -0.4 is 0 Å². The first kappa shape index (κ1) is 15.9. The van der Waals surface area contributed by atoms with Gasteiger partial charge in [-0.1, -0.05) is 22.9 Å². The normalized spacial score (nSPS) is 11.2. The quantitative estimate of drug-likeness (QED) is 0.725. The maximum atomic E-state index is 12.4. The van der Waals surface area contributed by atoms with Crippen molar-refractivity contribution in [3.63, 3.8) is 0 Å². The van der Waals surface area contributed by atoms with Gasteiger partial charge in [-0.3, -0.25) is 0 Å². The van der Waals surface area contributed by atoms with Crippen molar-refractivity contribution in [3.8, 4) is 17.5 Å². The van der Waals surface area contributed by atoms with Crippen LogP contribution in [0.15, 0.2) is 57.9 Å². The molecule has 0 aliphatic rings. The summed E-state index contributed by atoms with van der Waals surface area (Å²) in [6, 6.07) is 15.2. The van der Waals surface area contributed by atoms with E-state index in [0.717, 1.165) is 5.56 Å². The molecular weight excluding hydrogens is 326 g/mol. The number of nitriles is 1.